The molecule has 0 spiro atoms. The van der Waals surface area contributed by atoms with Gasteiger partial charge in [-0.2, -0.15) is 0 Å². The third kappa shape index (κ3) is 2.38. The molecular weight excluding hydrogens is 272 g/mol. The maximum atomic E-state index is 6.20. The van der Waals surface area contributed by atoms with Gasteiger partial charge in [-0.15, -0.1) is 0 Å². The summed E-state index contributed by atoms with van der Waals surface area (Å²) in [7, 11) is 0. The molecule has 4 nitrogen and oxygen atoms in total. The van der Waals surface area contributed by atoms with Crippen LogP contribution < -0.4 is 5.73 Å². The van der Waals surface area contributed by atoms with Crippen LogP contribution >= 0.6 is 11.6 Å². The van der Waals surface area contributed by atoms with E-state index in [0.717, 1.165) is 21.8 Å². The van der Waals surface area contributed by atoms with Gasteiger partial charge in [-0.25, -0.2) is 4.98 Å². The van der Waals surface area contributed by atoms with E-state index >= 15 is 0 Å². The molecule has 0 saturated heterocycles. The van der Waals surface area contributed by atoms with Crippen molar-refractivity contribution in [1.82, 2.24) is 14.5 Å². The number of hydrogen-bond donors (Lipinski definition) is 1. The molecule has 0 atom stereocenters. The van der Waals surface area contributed by atoms with Crippen molar-refractivity contribution >= 4 is 17.3 Å². The fourth-order valence-electron chi connectivity index (χ4n) is 2.10. The lowest BCUT2D eigenvalue weighted by molar-refractivity contribution is 0.805. The van der Waals surface area contributed by atoms with Crippen LogP contribution in [0.15, 0.2) is 55.2 Å². The molecule has 20 heavy (non-hydrogen) atoms. The largest absolute Gasteiger partial charge is 0.398 e. The molecule has 0 radical (unpaired) electrons. The fourth-order valence-corrected chi connectivity index (χ4v) is 2.30. The zero-order valence-electron chi connectivity index (χ0n) is 10.7. The van der Waals surface area contributed by atoms with Crippen LogP contribution in [-0.4, -0.2) is 14.5 Å². The summed E-state index contributed by atoms with van der Waals surface area (Å²) in [6, 6.07) is 9.54. The van der Waals surface area contributed by atoms with Gasteiger partial charge in [-0.1, -0.05) is 29.8 Å². The number of halogens is 1. The van der Waals surface area contributed by atoms with Gasteiger partial charge in [0, 0.05) is 28.7 Å². The number of anilines is 1. The van der Waals surface area contributed by atoms with Crippen molar-refractivity contribution in [1.29, 1.82) is 0 Å². The van der Waals surface area contributed by atoms with Gasteiger partial charge in [0.2, 0.25) is 0 Å². The minimum atomic E-state index is 0.642. The Morgan fingerprint density at radius 3 is 2.75 bits per heavy atom. The van der Waals surface area contributed by atoms with E-state index in [4.69, 9.17) is 17.3 Å². The normalized spacial score (nSPS) is 10.7. The summed E-state index contributed by atoms with van der Waals surface area (Å²) in [5.74, 6) is 0. The zero-order valence-corrected chi connectivity index (χ0v) is 11.5. The highest BCUT2D eigenvalue weighted by Gasteiger charge is 2.10. The van der Waals surface area contributed by atoms with Crippen molar-refractivity contribution in [2.24, 2.45) is 0 Å². The van der Waals surface area contributed by atoms with Gasteiger partial charge in [-0.3, -0.25) is 4.98 Å². The molecule has 0 aliphatic rings. The second-order valence-corrected chi connectivity index (χ2v) is 4.87. The van der Waals surface area contributed by atoms with E-state index in [9.17, 15) is 0 Å². The van der Waals surface area contributed by atoms with Crippen molar-refractivity contribution in [2.75, 3.05) is 5.73 Å². The third-order valence-electron chi connectivity index (χ3n) is 3.14. The van der Waals surface area contributed by atoms with Crippen LogP contribution in [0.1, 0.15) is 5.56 Å². The molecule has 0 fully saturated rings. The van der Waals surface area contributed by atoms with E-state index in [2.05, 4.69) is 9.97 Å². The second kappa shape index (κ2) is 5.35. The summed E-state index contributed by atoms with van der Waals surface area (Å²) in [5, 5.41) is 0.742. The number of hydrogen-bond acceptors (Lipinski definition) is 3. The smallest absolute Gasteiger partial charge is 0.0954 e. The first kappa shape index (κ1) is 12.7. The minimum absolute atomic E-state index is 0.642. The predicted octanol–water partition coefficient (Wildman–Crippen LogP) is 3.23. The topological polar surface area (TPSA) is 56.7 Å². The van der Waals surface area contributed by atoms with Crippen LogP contribution in [0.25, 0.3) is 11.3 Å². The van der Waals surface area contributed by atoms with Gasteiger partial charge >= 0.3 is 0 Å². The predicted molar refractivity (Wildman–Crippen MR) is 80.4 cm³/mol. The number of pyridine rings is 1. The quantitative estimate of drug-likeness (QED) is 0.803. The van der Waals surface area contributed by atoms with Crippen molar-refractivity contribution in [2.45, 2.75) is 6.54 Å². The molecule has 0 amide bonds. The van der Waals surface area contributed by atoms with Crippen molar-refractivity contribution in [3.05, 3.63) is 65.8 Å². The van der Waals surface area contributed by atoms with Gasteiger partial charge < -0.3 is 10.3 Å². The number of rotatable bonds is 3. The summed E-state index contributed by atoms with van der Waals surface area (Å²) in [6.07, 6.45) is 6.97. The first-order valence-corrected chi connectivity index (χ1v) is 6.57. The third-order valence-corrected chi connectivity index (χ3v) is 3.51. The highest BCUT2D eigenvalue weighted by molar-refractivity contribution is 6.31. The SMILES string of the molecule is Nc1ccncc1-c1cncn1Cc1ccccc1Cl. The second-order valence-electron chi connectivity index (χ2n) is 4.46. The maximum Gasteiger partial charge on any atom is 0.0954 e. The minimum Gasteiger partial charge on any atom is -0.398 e. The zero-order chi connectivity index (χ0) is 13.9. The molecule has 3 aromatic rings. The van der Waals surface area contributed by atoms with E-state index in [-0.39, 0.29) is 0 Å². The van der Waals surface area contributed by atoms with Gasteiger partial charge in [-0.05, 0) is 17.7 Å². The van der Waals surface area contributed by atoms with Gasteiger partial charge in [0.15, 0.2) is 0 Å². The molecule has 3 rings (SSSR count). The monoisotopic (exact) mass is 284 g/mol. The Labute approximate surface area is 121 Å². The van der Waals surface area contributed by atoms with Gasteiger partial charge in [0.05, 0.1) is 24.8 Å². The number of nitrogens with zero attached hydrogens (tertiary/aromatic N) is 3. The average molecular weight is 285 g/mol. The molecule has 0 unspecified atom stereocenters. The lowest BCUT2D eigenvalue weighted by atomic mass is 10.1. The summed E-state index contributed by atoms with van der Waals surface area (Å²) in [6.45, 7) is 0.642. The Morgan fingerprint density at radius 2 is 1.95 bits per heavy atom. The molecule has 2 N–H and O–H groups in total. The molecule has 5 heteroatoms. The molecule has 1 aromatic carbocycles. The number of aromatic nitrogens is 3. The number of imidazole rings is 1. The first-order valence-electron chi connectivity index (χ1n) is 6.19. The average Bonchev–Trinajstić information content (AvgIpc) is 2.90. The van der Waals surface area contributed by atoms with Crippen LogP contribution in [0.4, 0.5) is 5.69 Å². The number of nitrogens with two attached hydrogens (primary N) is 1. The van der Waals surface area contributed by atoms with E-state index in [0.29, 0.717) is 12.2 Å². The van der Waals surface area contributed by atoms with E-state index < -0.39 is 0 Å². The van der Waals surface area contributed by atoms with Crippen LogP contribution in [0.5, 0.6) is 0 Å². The molecule has 0 bridgehead atoms. The first-order chi connectivity index (χ1) is 9.75. The van der Waals surface area contributed by atoms with Crippen LogP contribution in [0, 0.1) is 0 Å². The molecule has 0 aliphatic heterocycles. The van der Waals surface area contributed by atoms with Gasteiger partial charge in [0.25, 0.3) is 0 Å². The Balaban J connectivity index is 2.00. The van der Waals surface area contributed by atoms with E-state index in [1.807, 2.05) is 28.8 Å². The molecule has 2 heterocycles. The maximum absolute atomic E-state index is 6.20. The number of benzene rings is 1. The summed E-state index contributed by atoms with van der Waals surface area (Å²) >= 11 is 6.20. The molecule has 100 valence electrons. The standard InChI is InChI=1S/C15H13ClN4/c16-13-4-2-1-3-11(13)9-20-10-19-8-15(20)12-7-18-6-5-14(12)17/h1-8,10H,9H2,(H2,17,18). The van der Waals surface area contributed by atoms with Crippen molar-refractivity contribution < 1.29 is 0 Å². The highest BCUT2D eigenvalue weighted by Crippen LogP contribution is 2.26. The highest BCUT2D eigenvalue weighted by atomic mass is 35.5. The fraction of sp³-hybridized carbons (Fsp3) is 0.0667. The summed E-state index contributed by atoms with van der Waals surface area (Å²) in [4.78, 5) is 8.32. The van der Waals surface area contributed by atoms with Crippen LogP contribution in [-0.2, 0) is 6.54 Å². The van der Waals surface area contributed by atoms with E-state index in [1.54, 1.807) is 31.0 Å². The Kier molecular flexibility index (Phi) is 3.39. The molecule has 2 aromatic heterocycles. The lowest BCUT2D eigenvalue weighted by Crippen LogP contribution is -2.02. The van der Waals surface area contributed by atoms with Crippen molar-refractivity contribution in [3.63, 3.8) is 0 Å². The Bertz CT molecular complexity index is 736. The van der Waals surface area contributed by atoms with Crippen LogP contribution in [0.3, 0.4) is 0 Å². The molecule has 0 saturated carbocycles. The van der Waals surface area contributed by atoms with Crippen LogP contribution in [0.2, 0.25) is 5.02 Å². The van der Waals surface area contributed by atoms with Gasteiger partial charge in [0.1, 0.15) is 0 Å². The Morgan fingerprint density at radius 1 is 1.10 bits per heavy atom. The molecular formula is C15H13ClN4. The Hall–Kier alpha value is -2.33. The summed E-state index contributed by atoms with van der Waals surface area (Å²) < 4.78 is 2.01. The van der Waals surface area contributed by atoms with E-state index in [1.165, 1.54) is 0 Å². The van der Waals surface area contributed by atoms with Crippen molar-refractivity contribution in [3.8, 4) is 11.3 Å². The summed E-state index contributed by atoms with van der Waals surface area (Å²) in [5.41, 5.74) is 9.51. The lowest BCUT2D eigenvalue weighted by Gasteiger charge is -2.10. The molecule has 0 aliphatic carbocycles. The number of nitrogen functional groups attached to an aromatic ring is 1.